The number of aromatic nitrogens is 2. The molecule has 0 saturated heterocycles. The van der Waals surface area contributed by atoms with Crippen LogP contribution in [-0.4, -0.2) is 22.3 Å². The fourth-order valence-corrected chi connectivity index (χ4v) is 3.26. The Kier molecular flexibility index (Phi) is 6.95. The summed E-state index contributed by atoms with van der Waals surface area (Å²) in [5.74, 6) is 0.847. The predicted octanol–water partition coefficient (Wildman–Crippen LogP) is 5.54. The average Bonchev–Trinajstić information content (AvgIpc) is 3.34. The van der Waals surface area contributed by atoms with E-state index in [-0.39, 0.29) is 5.91 Å². The van der Waals surface area contributed by atoms with Gasteiger partial charge in [-0.1, -0.05) is 80.6 Å². The van der Waals surface area contributed by atoms with Gasteiger partial charge in [0.1, 0.15) is 18.1 Å². The van der Waals surface area contributed by atoms with Crippen molar-refractivity contribution in [3.05, 3.63) is 107 Å². The summed E-state index contributed by atoms with van der Waals surface area (Å²) in [5, 5.41) is 11.1. The van der Waals surface area contributed by atoms with Crippen molar-refractivity contribution >= 4 is 12.1 Å². The fourth-order valence-electron chi connectivity index (χ4n) is 3.26. The molecule has 0 unspecified atom stereocenters. The third kappa shape index (κ3) is 5.95. The van der Waals surface area contributed by atoms with Gasteiger partial charge in [0.15, 0.2) is 0 Å². The summed E-state index contributed by atoms with van der Waals surface area (Å²) in [6.07, 6.45) is 1.62. The number of amides is 1. The van der Waals surface area contributed by atoms with Crippen molar-refractivity contribution in [2.75, 3.05) is 0 Å². The molecule has 1 aromatic heterocycles. The molecule has 0 saturated carbocycles. The Bertz CT molecular complexity index is 1230. The van der Waals surface area contributed by atoms with Crippen molar-refractivity contribution in [3.63, 3.8) is 0 Å². The molecule has 4 rings (SSSR count). The lowest BCUT2D eigenvalue weighted by Gasteiger charge is -2.07. The van der Waals surface area contributed by atoms with E-state index in [1.54, 1.807) is 12.3 Å². The number of hydrazone groups is 1. The molecule has 0 aliphatic carbocycles. The standard InChI is InChI=1S/C27H26N4O2/c1-19(2)22-13-11-20(12-14-22)17-28-31-27(32)26-16-25(29-30-26)23-9-6-10-24(15-23)33-18-21-7-4-3-5-8-21/h3-17,19H,18H2,1-2H3,(H,29,30)(H,31,32). The zero-order chi connectivity index (χ0) is 23.0. The first-order valence-corrected chi connectivity index (χ1v) is 10.8. The lowest BCUT2D eigenvalue weighted by Crippen LogP contribution is -2.18. The van der Waals surface area contributed by atoms with Gasteiger partial charge in [0, 0.05) is 5.56 Å². The molecule has 4 aromatic rings. The highest BCUT2D eigenvalue weighted by Gasteiger charge is 2.11. The highest BCUT2D eigenvalue weighted by atomic mass is 16.5. The van der Waals surface area contributed by atoms with Gasteiger partial charge in [0.05, 0.1) is 11.9 Å². The van der Waals surface area contributed by atoms with Gasteiger partial charge < -0.3 is 4.74 Å². The van der Waals surface area contributed by atoms with Crippen LogP contribution in [0.4, 0.5) is 0 Å². The number of carbonyl (C=O) groups excluding carboxylic acids is 1. The number of carbonyl (C=O) groups is 1. The van der Waals surface area contributed by atoms with E-state index in [4.69, 9.17) is 4.74 Å². The molecule has 0 aliphatic rings. The Morgan fingerprint density at radius 1 is 1.03 bits per heavy atom. The minimum Gasteiger partial charge on any atom is -0.489 e. The third-order valence-corrected chi connectivity index (χ3v) is 5.18. The number of hydrogen-bond acceptors (Lipinski definition) is 4. The Morgan fingerprint density at radius 2 is 1.82 bits per heavy atom. The Morgan fingerprint density at radius 3 is 2.58 bits per heavy atom. The molecule has 0 atom stereocenters. The maximum Gasteiger partial charge on any atom is 0.289 e. The van der Waals surface area contributed by atoms with E-state index in [0.717, 1.165) is 22.4 Å². The van der Waals surface area contributed by atoms with Crippen LogP contribution in [0.3, 0.4) is 0 Å². The number of benzene rings is 3. The topological polar surface area (TPSA) is 79.4 Å². The van der Waals surface area contributed by atoms with Crippen LogP contribution in [0.2, 0.25) is 0 Å². The number of aromatic amines is 1. The van der Waals surface area contributed by atoms with Crippen molar-refractivity contribution in [1.29, 1.82) is 0 Å². The molecule has 0 spiro atoms. The summed E-state index contributed by atoms with van der Waals surface area (Å²) < 4.78 is 5.89. The van der Waals surface area contributed by atoms with Crippen molar-refractivity contribution < 1.29 is 9.53 Å². The van der Waals surface area contributed by atoms with Gasteiger partial charge in [0.25, 0.3) is 5.91 Å². The largest absolute Gasteiger partial charge is 0.489 e. The smallest absolute Gasteiger partial charge is 0.289 e. The molecule has 6 heteroatoms. The highest BCUT2D eigenvalue weighted by Crippen LogP contribution is 2.23. The molecule has 2 N–H and O–H groups in total. The monoisotopic (exact) mass is 438 g/mol. The molecule has 33 heavy (non-hydrogen) atoms. The van der Waals surface area contributed by atoms with Crippen LogP contribution in [0.15, 0.2) is 90.0 Å². The second-order valence-corrected chi connectivity index (χ2v) is 7.99. The zero-order valence-electron chi connectivity index (χ0n) is 18.7. The highest BCUT2D eigenvalue weighted by molar-refractivity contribution is 5.94. The van der Waals surface area contributed by atoms with Crippen molar-refractivity contribution in [1.82, 2.24) is 15.6 Å². The Hall–Kier alpha value is -4.19. The number of ether oxygens (including phenoxy) is 1. The molecule has 0 fully saturated rings. The minimum atomic E-state index is -0.361. The van der Waals surface area contributed by atoms with Crippen LogP contribution < -0.4 is 10.2 Å². The van der Waals surface area contributed by atoms with E-state index < -0.39 is 0 Å². The second-order valence-electron chi connectivity index (χ2n) is 7.99. The second kappa shape index (κ2) is 10.4. The first kappa shape index (κ1) is 22.0. The lowest BCUT2D eigenvalue weighted by atomic mass is 10.0. The normalized spacial score (nSPS) is 11.1. The summed E-state index contributed by atoms with van der Waals surface area (Å²) in [6.45, 7) is 4.78. The maximum absolute atomic E-state index is 12.4. The third-order valence-electron chi connectivity index (χ3n) is 5.18. The molecule has 0 radical (unpaired) electrons. The van der Waals surface area contributed by atoms with Gasteiger partial charge in [-0.2, -0.15) is 10.2 Å². The van der Waals surface area contributed by atoms with Gasteiger partial charge in [-0.3, -0.25) is 9.89 Å². The molecule has 0 bridgehead atoms. The van der Waals surface area contributed by atoms with Crippen LogP contribution >= 0.6 is 0 Å². The van der Waals surface area contributed by atoms with E-state index in [9.17, 15) is 4.79 Å². The summed E-state index contributed by atoms with van der Waals surface area (Å²) in [6, 6.07) is 27.4. The van der Waals surface area contributed by atoms with Crippen molar-refractivity contribution in [2.24, 2.45) is 5.10 Å². The maximum atomic E-state index is 12.4. The zero-order valence-corrected chi connectivity index (χ0v) is 18.7. The van der Waals surface area contributed by atoms with E-state index in [1.165, 1.54) is 5.56 Å². The van der Waals surface area contributed by atoms with Gasteiger partial charge >= 0.3 is 0 Å². The molecular formula is C27H26N4O2. The van der Waals surface area contributed by atoms with Crippen LogP contribution in [0, 0.1) is 0 Å². The molecule has 0 aliphatic heterocycles. The molecular weight excluding hydrogens is 412 g/mol. The van der Waals surface area contributed by atoms with Crippen molar-refractivity contribution in [3.8, 4) is 17.0 Å². The van der Waals surface area contributed by atoms with Crippen molar-refractivity contribution in [2.45, 2.75) is 26.4 Å². The van der Waals surface area contributed by atoms with E-state index in [1.807, 2.05) is 66.7 Å². The van der Waals surface area contributed by atoms with Gasteiger partial charge in [-0.05, 0) is 40.8 Å². The summed E-state index contributed by atoms with van der Waals surface area (Å²) in [4.78, 5) is 12.4. The molecule has 166 valence electrons. The summed E-state index contributed by atoms with van der Waals surface area (Å²) in [7, 11) is 0. The van der Waals surface area contributed by atoms with Crippen LogP contribution in [0.1, 0.15) is 46.9 Å². The Labute approximate surface area is 193 Å². The van der Waals surface area contributed by atoms with Crippen LogP contribution in [-0.2, 0) is 6.61 Å². The number of nitrogens with one attached hydrogen (secondary N) is 2. The predicted molar refractivity (Wildman–Crippen MR) is 130 cm³/mol. The quantitative estimate of drug-likeness (QED) is 0.280. The van der Waals surface area contributed by atoms with E-state index in [0.29, 0.717) is 23.9 Å². The number of hydrogen-bond donors (Lipinski definition) is 2. The summed E-state index contributed by atoms with van der Waals surface area (Å²) in [5.41, 5.74) is 7.63. The van der Waals surface area contributed by atoms with E-state index in [2.05, 4.69) is 46.7 Å². The van der Waals surface area contributed by atoms with Gasteiger partial charge in [0.2, 0.25) is 0 Å². The summed E-state index contributed by atoms with van der Waals surface area (Å²) >= 11 is 0. The SMILES string of the molecule is CC(C)c1ccc(C=NNC(=O)c2cc(-c3cccc(OCc4ccccc4)c3)n[nH]2)cc1. The lowest BCUT2D eigenvalue weighted by molar-refractivity contribution is 0.0950. The van der Waals surface area contributed by atoms with Gasteiger partial charge in [-0.25, -0.2) is 5.43 Å². The minimum absolute atomic E-state index is 0.327. The van der Waals surface area contributed by atoms with Gasteiger partial charge in [-0.15, -0.1) is 0 Å². The van der Waals surface area contributed by atoms with Crippen LogP contribution in [0.5, 0.6) is 5.75 Å². The first-order chi connectivity index (χ1) is 16.1. The number of rotatable bonds is 8. The average molecular weight is 439 g/mol. The number of H-pyrrole nitrogens is 1. The molecule has 1 heterocycles. The fraction of sp³-hybridized carbons (Fsp3) is 0.148. The first-order valence-electron chi connectivity index (χ1n) is 10.8. The number of nitrogens with zero attached hydrogens (tertiary/aromatic N) is 2. The molecule has 6 nitrogen and oxygen atoms in total. The molecule has 3 aromatic carbocycles. The molecule has 1 amide bonds. The van der Waals surface area contributed by atoms with E-state index >= 15 is 0 Å². The van der Waals surface area contributed by atoms with Crippen LogP contribution in [0.25, 0.3) is 11.3 Å². The Balaban J connectivity index is 1.36.